The number of carbonyl (C=O) groups is 4. The Morgan fingerprint density at radius 1 is 0.761 bits per heavy atom. The predicted octanol–water partition coefficient (Wildman–Crippen LogP) is -2.19. The standard InChI is InChI=1S/C29H48N12O5/c30-12-4-3-8-19(31)24(42)39-21(10-5-13-36-28(32)33)25(43)41-23(15-17-16-38-20-9-2-1-7-18(17)20)26(44)40-22(27(45)46)11-6-14-37-29(34)35/h1-2,7,9,16,19,21-23,38H,3-6,8,10-15,30-31H2,(H,39,42)(H,40,44)(H,41,43)(H,45,46)(H4,32,33,36)(H4,34,35,37). The monoisotopic (exact) mass is 644 g/mol. The quantitative estimate of drug-likeness (QED) is 0.0394. The van der Waals surface area contributed by atoms with Crippen LogP contribution in [0.4, 0.5) is 0 Å². The zero-order valence-electron chi connectivity index (χ0n) is 25.9. The molecule has 17 nitrogen and oxygen atoms in total. The zero-order chi connectivity index (χ0) is 34.1. The van der Waals surface area contributed by atoms with Crippen LogP contribution in [0, 0.1) is 0 Å². The first-order chi connectivity index (χ1) is 21.9. The third kappa shape index (κ3) is 13.0. The molecule has 17 N–H and O–H groups in total. The van der Waals surface area contributed by atoms with E-state index in [1.54, 1.807) is 6.20 Å². The SMILES string of the molecule is NCCCCC(N)C(=O)NC(CCCN=C(N)N)C(=O)NC(Cc1c[nH]c2ccccc12)C(=O)NC(CCCN=C(N)N)C(=O)O. The number of benzene rings is 1. The van der Waals surface area contributed by atoms with Gasteiger partial charge in [-0.3, -0.25) is 24.4 Å². The van der Waals surface area contributed by atoms with Gasteiger partial charge in [0.2, 0.25) is 17.7 Å². The van der Waals surface area contributed by atoms with Crippen LogP contribution >= 0.6 is 0 Å². The summed E-state index contributed by atoms with van der Waals surface area (Å²) in [4.78, 5) is 63.1. The summed E-state index contributed by atoms with van der Waals surface area (Å²) in [5, 5.41) is 18.5. The number of hydrogen-bond acceptors (Lipinski definition) is 8. The third-order valence-corrected chi connectivity index (χ3v) is 7.18. The van der Waals surface area contributed by atoms with Gasteiger partial charge in [-0.25, -0.2) is 4.79 Å². The van der Waals surface area contributed by atoms with Crippen LogP contribution in [-0.2, 0) is 25.6 Å². The number of aliphatic carboxylic acids is 1. The first-order valence-corrected chi connectivity index (χ1v) is 15.2. The fraction of sp³-hybridized carbons (Fsp3) is 0.517. The number of carbonyl (C=O) groups excluding carboxylic acids is 3. The summed E-state index contributed by atoms with van der Waals surface area (Å²) in [6.45, 7) is 0.833. The Kier molecular flexibility index (Phi) is 15.8. The second-order valence-electron chi connectivity index (χ2n) is 10.9. The number of aliphatic imine (C=N–C) groups is 2. The van der Waals surface area contributed by atoms with Crippen molar-refractivity contribution in [3.63, 3.8) is 0 Å². The van der Waals surface area contributed by atoms with Crippen LogP contribution in [0.5, 0.6) is 0 Å². The molecular formula is C29H48N12O5. The average molecular weight is 645 g/mol. The van der Waals surface area contributed by atoms with Crippen molar-refractivity contribution in [1.29, 1.82) is 0 Å². The maximum absolute atomic E-state index is 13.7. The summed E-state index contributed by atoms with van der Waals surface area (Å²) in [5.74, 6) is -3.43. The summed E-state index contributed by atoms with van der Waals surface area (Å²) in [6, 6.07) is 2.97. The Hall–Kier alpha value is -4.90. The third-order valence-electron chi connectivity index (χ3n) is 7.18. The molecule has 0 aliphatic carbocycles. The molecule has 1 heterocycles. The number of unbranched alkanes of at least 4 members (excludes halogenated alkanes) is 1. The van der Waals surface area contributed by atoms with Gasteiger partial charge in [-0.2, -0.15) is 0 Å². The summed E-state index contributed by atoms with van der Waals surface area (Å²) in [5.41, 5.74) is 34.6. The number of aromatic nitrogens is 1. The number of nitrogens with one attached hydrogen (secondary N) is 4. The lowest BCUT2D eigenvalue weighted by molar-refractivity contribution is -0.142. The number of guanidine groups is 2. The summed E-state index contributed by atoms with van der Waals surface area (Å²) in [6.07, 6.45) is 4.22. The molecule has 0 radical (unpaired) electrons. The van der Waals surface area contributed by atoms with Gasteiger partial charge in [-0.1, -0.05) is 24.6 Å². The fourth-order valence-electron chi connectivity index (χ4n) is 4.73. The van der Waals surface area contributed by atoms with Crippen molar-refractivity contribution in [2.24, 2.45) is 44.4 Å². The molecule has 4 unspecified atom stereocenters. The van der Waals surface area contributed by atoms with Crippen LogP contribution in [-0.4, -0.2) is 89.5 Å². The van der Waals surface area contributed by atoms with E-state index in [-0.39, 0.29) is 50.7 Å². The van der Waals surface area contributed by atoms with Crippen molar-refractivity contribution in [1.82, 2.24) is 20.9 Å². The van der Waals surface area contributed by atoms with Gasteiger partial charge < -0.3 is 60.4 Å². The van der Waals surface area contributed by atoms with Crippen molar-refractivity contribution >= 4 is 46.5 Å². The van der Waals surface area contributed by atoms with E-state index in [1.807, 2.05) is 24.3 Å². The number of rotatable bonds is 21. The second-order valence-corrected chi connectivity index (χ2v) is 10.9. The summed E-state index contributed by atoms with van der Waals surface area (Å²) < 4.78 is 0. The Morgan fingerprint density at radius 2 is 1.33 bits per heavy atom. The lowest BCUT2D eigenvalue weighted by Gasteiger charge is -2.25. The van der Waals surface area contributed by atoms with E-state index in [0.29, 0.717) is 37.8 Å². The lowest BCUT2D eigenvalue weighted by atomic mass is 10.0. The molecule has 0 saturated carbocycles. The first kappa shape index (κ1) is 37.3. The summed E-state index contributed by atoms with van der Waals surface area (Å²) in [7, 11) is 0. The smallest absolute Gasteiger partial charge is 0.326 e. The molecule has 0 spiro atoms. The number of carboxylic acids is 1. The molecule has 17 heteroatoms. The second kappa shape index (κ2) is 19.5. The van der Waals surface area contributed by atoms with Crippen LogP contribution in [0.2, 0.25) is 0 Å². The molecule has 2 aromatic rings. The van der Waals surface area contributed by atoms with Crippen LogP contribution < -0.4 is 50.4 Å². The predicted molar refractivity (Wildman–Crippen MR) is 176 cm³/mol. The van der Waals surface area contributed by atoms with Gasteiger partial charge in [0.05, 0.1) is 6.04 Å². The average Bonchev–Trinajstić information content (AvgIpc) is 3.41. The Bertz CT molecular complexity index is 1350. The molecule has 0 saturated heterocycles. The van der Waals surface area contributed by atoms with E-state index in [0.717, 1.165) is 10.9 Å². The maximum Gasteiger partial charge on any atom is 0.326 e. The number of H-pyrrole nitrogens is 1. The molecule has 0 fully saturated rings. The molecular weight excluding hydrogens is 596 g/mol. The number of nitrogens with two attached hydrogens (primary N) is 6. The minimum absolute atomic E-state index is 0.0230. The molecule has 0 aliphatic heterocycles. The topological polar surface area (TPSA) is 321 Å². The molecule has 1 aromatic heterocycles. The number of aromatic amines is 1. The van der Waals surface area contributed by atoms with Gasteiger partial charge in [0.25, 0.3) is 0 Å². The fourth-order valence-corrected chi connectivity index (χ4v) is 4.73. The van der Waals surface area contributed by atoms with Crippen molar-refractivity contribution in [3.8, 4) is 0 Å². The molecule has 3 amide bonds. The van der Waals surface area contributed by atoms with E-state index in [1.165, 1.54) is 0 Å². The van der Waals surface area contributed by atoms with E-state index in [9.17, 15) is 24.3 Å². The molecule has 4 atom stereocenters. The first-order valence-electron chi connectivity index (χ1n) is 15.2. The molecule has 2 rings (SSSR count). The summed E-state index contributed by atoms with van der Waals surface area (Å²) >= 11 is 0. The highest BCUT2D eigenvalue weighted by molar-refractivity contribution is 5.95. The largest absolute Gasteiger partial charge is 0.480 e. The molecule has 0 aliphatic rings. The Morgan fingerprint density at radius 3 is 1.93 bits per heavy atom. The zero-order valence-corrected chi connectivity index (χ0v) is 25.9. The van der Waals surface area contributed by atoms with Crippen molar-refractivity contribution < 1.29 is 24.3 Å². The van der Waals surface area contributed by atoms with Gasteiger partial charge in [-0.15, -0.1) is 0 Å². The van der Waals surface area contributed by atoms with Gasteiger partial charge >= 0.3 is 5.97 Å². The number of amides is 3. The number of fused-ring (bicyclic) bond motifs is 1. The number of para-hydroxylation sites is 1. The Labute approximate surface area is 267 Å². The molecule has 254 valence electrons. The lowest BCUT2D eigenvalue weighted by Crippen LogP contribution is -2.57. The molecule has 1 aromatic carbocycles. The molecule has 46 heavy (non-hydrogen) atoms. The highest BCUT2D eigenvalue weighted by Crippen LogP contribution is 2.19. The van der Waals surface area contributed by atoms with Crippen LogP contribution in [0.15, 0.2) is 40.4 Å². The van der Waals surface area contributed by atoms with Crippen molar-refractivity contribution in [3.05, 3.63) is 36.0 Å². The van der Waals surface area contributed by atoms with E-state index in [4.69, 9.17) is 34.4 Å². The molecule has 0 bridgehead atoms. The minimum Gasteiger partial charge on any atom is -0.480 e. The van der Waals surface area contributed by atoms with Gasteiger partial charge in [0, 0.05) is 36.6 Å². The highest BCUT2D eigenvalue weighted by Gasteiger charge is 2.31. The van der Waals surface area contributed by atoms with Gasteiger partial charge in [-0.05, 0) is 56.7 Å². The highest BCUT2D eigenvalue weighted by atomic mass is 16.4. The normalized spacial score (nSPS) is 13.5. The van der Waals surface area contributed by atoms with Gasteiger partial charge in [0.1, 0.15) is 18.1 Å². The van der Waals surface area contributed by atoms with Crippen LogP contribution in [0.3, 0.4) is 0 Å². The Balaban J connectivity index is 2.30. The van der Waals surface area contributed by atoms with E-state index >= 15 is 0 Å². The number of nitrogens with zero attached hydrogens (tertiary/aromatic N) is 2. The minimum atomic E-state index is -1.27. The van der Waals surface area contributed by atoms with Crippen molar-refractivity contribution in [2.75, 3.05) is 19.6 Å². The van der Waals surface area contributed by atoms with Crippen LogP contribution in [0.1, 0.15) is 50.5 Å². The van der Waals surface area contributed by atoms with E-state index in [2.05, 4.69) is 30.9 Å². The van der Waals surface area contributed by atoms with E-state index < -0.39 is 47.9 Å². The van der Waals surface area contributed by atoms with Crippen LogP contribution in [0.25, 0.3) is 10.9 Å². The maximum atomic E-state index is 13.7. The van der Waals surface area contributed by atoms with Gasteiger partial charge in [0.15, 0.2) is 11.9 Å². The number of hydrogen-bond donors (Lipinski definition) is 11. The van der Waals surface area contributed by atoms with Crippen molar-refractivity contribution in [2.45, 2.75) is 75.5 Å². The number of carboxylic acid groups (broad SMARTS) is 1.